The van der Waals surface area contributed by atoms with Gasteiger partial charge in [-0.15, -0.1) is 0 Å². The van der Waals surface area contributed by atoms with Crippen LogP contribution in [0.25, 0.3) is 0 Å². The molecule has 5 heteroatoms. The number of benzene rings is 1. The number of rotatable bonds is 3. The monoisotopic (exact) mass is 272 g/mol. The highest BCUT2D eigenvalue weighted by Gasteiger charge is 2.21. The van der Waals surface area contributed by atoms with Crippen molar-refractivity contribution in [2.75, 3.05) is 29.9 Å². The smallest absolute Gasteiger partial charge is 0.338 e. The fourth-order valence-electron chi connectivity index (χ4n) is 2.49. The van der Waals surface area contributed by atoms with Crippen molar-refractivity contribution < 1.29 is 14.3 Å². The molecule has 0 bridgehead atoms. The summed E-state index contributed by atoms with van der Waals surface area (Å²) in [4.78, 5) is 15.3. The number of nitrogens with zero attached hydrogens (tertiary/aromatic N) is 2. The van der Waals surface area contributed by atoms with Crippen LogP contribution in [0.15, 0.2) is 41.0 Å². The molecule has 1 N–H and O–H groups in total. The van der Waals surface area contributed by atoms with Gasteiger partial charge in [0.1, 0.15) is 12.0 Å². The lowest BCUT2D eigenvalue weighted by atomic mass is 10.1. The minimum absolute atomic E-state index is 0.197. The van der Waals surface area contributed by atoms with Crippen molar-refractivity contribution in [3.63, 3.8) is 0 Å². The van der Waals surface area contributed by atoms with Gasteiger partial charge in [0.25, 0.3) is 0 Å². The van der Waals surface area contributed by atoms with E-state index in [0.29, 0.717) is 12.3 Å². The molecule has 0 atom stereocenters. The first-order chi connectivity index (χ1) is 9.65. The summed E-state index contributed by atoms with van der Waals surface area (Å²) in [5, 5.41) is 8.92. The summed E-state index contributed by atoms with van der Waals surface area (Å²) in [5.74, 6) is -0.291. The number of hydrogen-bond donors (Lipinski definition) is 1. The fourth-order valence-corrected chi connectivity index (χ4v) is 2.49. The van der Waals surface area contributed by atoms with Gasteiger partial charge in [0.05, 0.1) is 23.5 Å². The summed E-state index contributed by atoms with van der Waals surface area (Å²) in [6.07, 6.45) is 1.29. The molecule has 0 amide bonds. The Labute approximate surface area is 117 Å². The molecule has 0 fully saturated rings. The molecule has 104 valence electrons. The summed E-state index contributed by atoms with van der Waals surface area (Å²) >= 11 is 0. The molecule has 3 rings (SSSR count). The maximum Gasteiger partial charge on any atom is 0.338 e. The van der Waals surface area contributed by atoms with Crippen LogP contribution >= 0.6 is 0 Å². The maximum atomic E-state index is 10.9. The summed E-state index contributed by atoms with van der Waals surface area (Å²) in [6, 6.07) is 9.78. The highest BCUT2D eigenvalue weighted by molar-refractivity contribution is 5.87. The third-order valence-corrected chi connectivity index (χ3v) is 3.59. The van der Waals surface area contributed by atoms with E-state index in [2.05, 4.69) is 29.0 Å². The molecule has 0 radical (unpaired) electrons. The molecular formula is C15H16N2O3. The summed E-state index contributed by atoms with van der Waals surface area (Å²) in [7, 11) is 2.07. The van der Waals surface area contributed by atoms with Crippen LogP contribution in [0.5, 0.6) is 0 Å². The Kier molecular flexibility index (Phi) is 3.10. The predicted molar refractivity (Wildman–Crippen MR) is 76.4 cm³/mol. The van der Waals surface area contributed by atoms with Crippen LogP contribution in [0.2, 0.25) is 0 Å². The second-order valence-electron chi connectivity index (χ2n) is 4.94. The van der Waals surface area contributed by atoms with E-state index in [9.17, 15) is 4.79 Å². The third kappa shape index (κ3) is 2.22. The van der Waals surface area contributed by atoms with Crippen molar-refractivity contribution >= 4 is 17.3 Å². The van der Waals surface area contributed by atoms with Crippen molar-refractivity contribution in [1.82, 2.24) is 0 Å². The topological polar surface area (TPSA) is 56.9 Å². The molecule has 2 aromatic rings. The minimum atomic E-state index is -0.959. The molecule has 1 aromatic carbocycles. The lowest BCUT2D eigenvalue weighted by Crippen LogP contribution is -2.38. The average molecular weight is 272 g/mol. The molecular weight excluding hydrogens is 256 g/mol. The summed E-state index contributed by atoms with van der Waals surface area (Å²) < 4.78 is 5.33. The number of aromatic carboxylic acids is 1. The van der Waals surface area contributed by atoms with Gasteiger partial charge in [-0.2, -0.15) is 0 Å². The van der Waals surface area contributed by atoms with Crippen LogP contribution < -0.4 is 9.80 Å². The number of carboxylic acid groups (broad SMARTS) is 1. The van der Waals surface area contributed by atoms with Crippen LogP contribution in [-0.4, -0.2) is 31.2 Å². The highest BCUT2D eigenvalue weighted by Crippen LogP contribution is 2.32. The number of fused-ring (bicyclic) bond motifs is 1. The highest BCUT2D eigenvalue weighted by atomic mass is 16.4. The molecule has 5 nitrogen and oxygen atoms in total. The SMILES string of the molecule is CN1CCN(Cc2cc(C(=O)O)co2)c2ccccc21. The van der Waals surface area contributed by atoms with Gasteiger partial charge >= 0.3 is 5.97 Å². The van der Waals surface area contributed by atoms with Gasteiger partial charge in [0, 0.05) is 20.1 Å². The molecule has 0 spiro atoms. The quantitative estimate of drug-likeness (QED) is 0.930. The van der Waals surface area contributed by atoms with Crippen LogP contribution in [0, 0.1) is 0 Å². The predicted octanol–water partition coefficient (Wildman–Crippen LogP) is 2.43. The normalized spacial score (nSPS) is 14.2. The van der Waals surface area contributed by atoms with Gasteiger partial charge in [-0.25, -0.2) is 4.79 Å². The molecule has 0 saturated heterocycles. The van der Waals surface area contributed by atoms with Gasteiger partial charge in [-0.05, 0) is 18.2 Å². The van der Waals surface area contributed by atoms with Gasteiger partial charge in [-0.1, -0.05) is 12.1 Å². The molecule has 1 aromatic heterocycles. The van der Waals surface area contributed by atoms with E-state index in [1.807, 2.05) is 12.1 Å². The Morgan fingerprint density at radius 2 is 2.05 bits per heavy atom. The zero-order chi connectivity index (χ0) is 14.1. The van der Waals surface area contributed by atoms with Crippen molar-refractivity contribution in [2.24, 2.45) is 0 Å². The van der Waals surface area contributed by atoms with Crippen LogP contribution in [-0.2, 0) is 6.54 Å². The van der Waals surface area contributed by atoms with E-state index in [1.165, 1.54) is 12.0 Å². The first-order valence-corrected chi connectivity index (χ1v) is 6.51. The lowest BCUT2D eigenvalue weighted by molar-refractivity contribution is 0.0696. The van der Waals surface area contributed by atoms with E-state index >= 15 is 0 Å². The minimum Gasteiger partial charge on any atom is -0.478 e. The first-order valence-electron chi connectivity index (χ1n) is 6.51. The van der Waals surface area contributed by atoms with E-state index in [-0.39, 0.29) is 5.56 Å². The molecule has 0 unspecified atom stereocenters. The largest absolute Gasteiger partial charge is 0.478 e. The number of hydrogen-bond acceptors (Lipinski definition) is 4. The zero-order valence-electron chi connectivity index (χ0n) is 11.2. The van der Waals surface area contributed by atoms with Crippen LogP contribution in [0.3, 0.4) is 0 Å². The van der Waals surface area contributed by atoms with Crippen molar-refractivity contribution in [1.29, 1.82) is 0 Å². The number of furan rings is 1. The Morgan fingerprint density at radius 3 is 2.75 bits per heavy atom. The second-order valence-corrected chi connectivity index (χ2v) is 4.94. The Bertz CT molecular complexity index is 636. The number of para-hydroxylation sites is 2. The number of likely N-dealkylation sites (N-methyl/N-ethyl adjacent to an activating group) is 1. The third-order valence-electron chi connectivity index (χ3n) is 3.59. The molecule has 0 saturated carbocycles. The molecule has 1 aliphatic rings. The summed E-state index contributed by atoms with van der Waals surface area (Å²) in [5.41, 5.74) is 2.53. The maximum absolute atomic E-state index is 10.9. The van der Waals surface area contributed by atoms with Crippen molar-refractivity contribution in [2.45, 2.75) is 6.54 Å². The van der Waals surface area contributed by atoms with Crippen molar-refractivity contribution in [3.05, 3.63) is 47.9 Å². The molecule has 1 aliphatic heterocycles. The second kappa shape index (κ2) is 4.92. The van der Waals surface area contributed by atoms with E-state index in [0.717, 1.165) is 18.8 Å². The molecule has 2 heterocycles. The summed E-state index contributed by atoms with van der Waals surface area (Å²) in [6.45, 7) is 2.40. The van der Waals surface area contributed by atoms with Gasteiger partial charge in [-0.3, -0.25) is 0 Å². The lowest BCUT2D eigenvalue weighted by Gasteiger charge is -2.36. The average Bonchev–Trinajstić information content (AvgIpc) is 2.91. The fraction of sp³-hybridized carbons (Fsp3) is 0.267. The van der Waals surface area contributed by atoms with E-state index < -0.39 is 5.97 Å². The molecule has 0 aliphatic carbocycles. The number of carboxylic acids is 1. The van der Waals surface area contributed by atoms with Gasteiger partial charge < -0.3 is 19.3 Å². The first kappa shape index (κ1) is 12.6. The van der Waals surface area contributed by atoms with Gasteiger partial charge in [0.15, 0.2) is 0 Å². The Balaban J connectivity index is 1.84. The van der Waals surface area contributed by atoms with E-state index in [4.69, 9.17) is 9.52 Å². The van der Waals surface area contributed by atoms with Crippen LogP contribution in [0.4, 0.5) is 11.4 Å². The van der Waals surface area contributed by atoms with Gasteiger partial charge in [0.2, 0.25) is 0 Å². The zero-order valence-corrected chi connectivity index (χ0v) is 11.2. The standard InChI is InChI=1S/C15H16N2O3/c1-16-6-7-17(14-5-3-2-4-13(14)16)9-12-8-11(10-20-12)15(18)19/h2-5,8,10H,6-7,9H2,1H3,(H,18,19). The number of anilines is 2. The molecule has 20 heavy (non-hydrogen) atoms. The number of carbonyl (C=O) groups is 1. The van der Waals surface area contributed by atoms with Crippen molar-refractivity contribution in [3.8, 4) is 0 Å². The Hall–Kier alpha value is -2.43. The van der Waals surface area contributed by atoms with Crippen LogP contribution in [0.1, 0.15) is 16.1 Å². The Morgan fingerprint density at radius 1 is 1.30 bits per heavy atom. The van der Waals surface area contributed by atoms with E-state index in [1.54, 1.807) is 6.07 Å².